The van der Waals surface area contributed by atoms with Crippen LogP contribution < -0.4 is 0 Å². The Kier molecular flexibility index (Phi) is 3.63. The molecule has 3 rings (SSSR count). The van der Waals surface area contributed by atoms with Crippen LogP contribution in [-0.4, -0.2) is 4.98 Å². The van der Waals surface area contributed by atoms with Gasteiger partial charge in [0.25, 0.3) is 0 Å². The van der Waals surface area contributed by atoms with Crippen LogP contribution in [0, 0.1) is 23.3 Å². The van der Waals surface area contributed by atoms with Gasteiger partial charge in [-0.2, -0.15) is 0 Å². The molecule has 5 heteroatoms. The number of hydrogen-bond donors (Lipinski definition) is 0. The molecule has 0 bridgehead atoms. The maximum Gasteiger partial charge on any atom is 0.195 e. The summed E-state index contributed by atoms with van der Waals surface area (Å²) in [6.45, 7) is 0. The SMILES string of the molecule is Fc1cc(F)c(-c2cccc(-c3ccccn3)c2)c(F)c1F. The number of aromatic nitrogens is 1. The summed E-state index contributed by atoms with van der Waals surface area (Å²) in [6, 6.07) is 11.8. The van der Waals surface area contributed by atoms with E-state index < -0.39 is 28.8 Å². The molecule has 1 aromatic heterocycles. The minimum Gasteiger partial charge on any atom is -0.256 e. The van der Waals surface area contributed by atoms with E-state index in [1.807, 2.05) is 0 Å². The van der Waals surface area contributed by atoms with E-state index in [4.69, 9.17) is 0 Å². The highest BCUT2D eigenvalue weighted by atomic mass is 19.2. The van der Waals surface area contributed by atoms with Crippen LogP contribution in [0.2, 0.25) is 0 Å². The largest absolute Gasteiger partial charge is 0.256 e. The van der Waals surface area contributed by atoms with E-state index >= 15 is 0 Å². The molecule has 0 spiro atoms. The number of rotatable bonds is 2. The summed E-state index contributed by atoms with van der Waals surface area (Å²) in [4.78, 5) is 4.14. The van der Waals surface area contributed by atoms with Crippen molar-refractivity contribution in [2.45, 2.75) is 0 Å². The second kappa shape index (κ2) is 5.60. The standard InChI is InChI=1S/C17H9F4N/c18-12-9-13(19)16(20)17(21)15(12)11-5-3-4-10(8-11)14-6-1-2-7-22-14/h1-9H. The molecule has 1 nitrogen and oxygen atoms in total. The molecule has 0 saturated heterocycles. The van der Waals surface area contributed by atoms with Crippen LogP contribution in [0.3, 0.4) is 0 Å². The summed E-state index contributed by atoms with van der Waals surface area (Å²) >= 11 is 0. The number of benzene rings is 2. The smallest absolute Gasteiger partial charge is 0.195 e. The molecule has 110 valence electrons. The van der Waals surface area contributed by atoms with Crippen molar-refractivity contribution in [1.29, 1.82) is 0 Å². The summed E-state index contributed by atoms with van der Waals surface area (Å²) < 4.78 is 54.1. The molecular weight excluding hydrogens is 294 g/mol. The number of halogens is 4. The average molecular weight is 303 g/mol. The monoisotopic (exact) mass is 303 g/mol. The highest BCUT2D eigenvalue weighted by Gasteiger charge is 2.20. The van der Waals surface area contributed by atoms with Crippen molar-refractivity contribution in [2.24, 2.45) is 0 Å². The summed E-state index contributed by atoms with van der Waals surface area (Å²) in [5.74, 6) is -5.95. The highest BCUT2D eigenvalue weighted by molar-refractivity contribution is 5.72. The molecule has 0 unspecified atom stereocenters. The summed E-state index contributed by atoms with van der Waals surface area (Å²) in [6.07, 6.45) is 1.58. The van der Waals surface area contributed by atoms with Gasteiger partial charge >= 0.3 is 0 Å². The molecule has 0 amide bonds. The van der Waals surface area contributed by atoms with Crippen LogP contribution >= 0.6 is 0 Å². The Morgan fingerprint density at radius 3 is 2.18 bits per heavy atom. The molecule has 0 aliphatic heterocycles. The van der Waals surface area contributed by atoms with Gasteiger partial charge in [-0.1, -0.05) is 24.3 Å². The van der Waals surface area contributed by atoms with Crippen molar-refractivity contribution in [1.82, 2.24) is 4.98 Å². The van der Waals surface area contributed by atoms with Crippen molar-refractivity contribution in [2.75, 3.05) is 0 Å². The van der Waals surface area contributed by atoms with Crippen LogP contribution in [0.5, 0.6) is 0 Å². The fourth-order valence-electron chi connectivity index (χ4n) is 2.20. The zero-order chi connectivity index (χ0) is 15.7. The third-order valence-electron chi connectivity index (χ3n) is 3.23. The zero-order valence-electron chi connectivity index (χ0n) is 11.2. The van der Waals surface area contributed by atoms with E-state index in [1.165, 1.54) is 12.1 Å². The highest BCUT2D eigenvalue weighted by Crippen LogP contribution is 2.31. The van der Waals surface area contributed by atoms with Gasteiger partial charge in [0, 0.05) is 17.8 Å². The van der Waals surface area contributed by atoms with E-state index in [9.17, 15) is 17.6 Å². The van der Waals surface area contributed by atoms with Crippen LogP contribution in [-0.2, 0) is 0 Å². The predicted molar refractivity (Wildman–Crippen MR) is 74.9 cm³/mol. The van der Waals surface area contributed by atoms with Crippen molar-refractivity contribution in [3.05, 3.63) is 78.0 Å². The maximum absolute atomic E-state index is 13.9. The van der Waals surface area contributed by atoms with Gasteiger partial charge in [0.05, 0.1) is 11.3 Å². The van der Waals surface area contributed by atoms with Gasteiger partial charge in [-0.25, -0.2) is 17.6 Å². The molecule has 0 atom stereocenters. The topological polar surface area (TPSA) is 12.9 Å². The lowest BCUT2D eigenvalue weighted by molar-refractivity contribution is 0.437. The molecule has 0 fully saturated rings. The molecule has 2 aromatic carbocycles. The van der Waals surface area contributed by atoms with Crippen LogP contribution in [0.4, 0.5) is 17.6 Å². The van der Waals surface area contributed by atoms with E-state index in [1.54, 1.807) is 36.5 Å². The van der Waals surface area contributed by atoms with E-state index in [0.29, 0.717) is 17.3 Å². The van der Waals surface area contributed by atoms with Gasteiger partial charge in [0.15, 0.2) is 17.5 Å². The van der Waals surface area contributed by atoms with Crippen LogP contribution in [0.25, 0.3) is 22.4 Å². The third kappa shape index (κ3) is 2.45. The minimum absolute atomic E-state index is 0.108. The lowest BCUT2D eigenvalue weighted by atomic mass is 10.00. The first-order chi connectivity index (χ1) is 10.6. The quantitative estimate of drug-likeness (QED) is 0.370. The molecule has 0 aliphatic carbocycles. The number of nitrogens with zero attached hydrogens (tertiary/aromatic N) is 1. The Labute approximate surface area is 123 Å². The zero-order valence-corrected chi connectivity index (χ0v) is 11.2. The number of hydrogen-bond acceptors (Lipinski definition) is 1. The first-order valence-electron chi connectivity index (χ1n) is 6.43. The van der Waals surface area contributed by atoms with Crippen molar-refractivity contribution >= 4 is 0 Å². The average Bonchev–Trinajstić information content (AvgIpc) is 2.54. The first-order valence-corrected chi connectivity index (χ1v) is 6.43. The van der Waals surface area contributed by atoms with E-state index in [-0.39, 0.29) is 5.56 Å². The molecule has 22 heavy (non-hydrogen) atoms. The fourth-order valence-corrected chi connectivity index (χ4v) is 2.20. The van der Waals surface area contributed by atoms with Gasteiger partial charge in [0.2, 0.25) is 0 Å². The van der Waals surface area contributed by atoms with Gasteiger partial charge in [-0.05, 0) is 23.8 Å². The molecular formula is C17H9F4N. The number of pyridine rings is 1. The molecule has 3 aromatic rings. The fraction of sp³-hybridized carbons (Fsp3) is 0. The molecule has 0 saturated carbocycles. The van der Waals surface area contributed by atoms with Gasteiger partial charge in [-0.15, -0.1) is 0 Å². The molecule has 0 N–H and O–H groups in total. The maximum atomic E-state index is 13.9. The Bertz CT molecular complexity index is 832. The van der Waals surface area contributed by atoms with Crippen molar-refractivity contribution in [3.8, 4) is 22.4 Å². The third-order valence-corrected chi connectivity index (χ3v) is 3.23. The van der Waals surface area contributed by atoms with Gasteiger partial charge in [0.1, 0.15) is 5.82 Å². The Balaban J connectivity index is 2.17. The second-order valence-corrected chi connectivity index (χ2v) is 4.64. The minimum atomic E-state index is -1.69. The lowest BCUT2D eigenvalue weighted by Crippen LogP contribution is -1.98. The van der Waals surface area contributed by atoms with Crippen LogP contribution in [0.15, 0.2) is 54.7 Å². The normalized spacial score (nSPS) is 10.7. The Hall–Kier alpha value is -2.69. The van der Waals surface area contributed by atoms with Crippen molar-refractivity contribution in [3.63, 3.8) is 0 Å². The van der Waals surface area contributed by atoms with Crippen LogP contribution in [0.1, 0.15) is 0 Å². The lowest BCUT2D eigenvalue weighted by Gasteiger charge is -2.09. The predicted octanol–water partition coefficient (Wildman–Crippen LogP) is 4.97. The second-order valence-electron chi connectivity index (χ2n) is 4.64. The van der Waals surface area contributed by atoms with E-state index in [0.717, 1.165) is 0 Å². The van der Waals surface area contributed by atoms with Gasteiger partial charge in [-0.3, -0.25) is 4.98 Å². The summed E-state index contributed by atoms with van der Waals surface area (Å²) in [5.41, 5.74) is 0.725. The Morgan fingerprint density at radius 1 is 0.682 bits per heavy atom. The van der Waals surface area contributed by atoms with E-state index in [2.05, 4.69) is 4.98 Å². The summed E-state index contributed by atoms with van der Waals surface area (Å²) in [5, 5.41) is 0. The first kappa shape index (κ1) is 14.3. The molecule has 0 aliphatic rings. The van der Waals surface area contributed by atoms with Crippen molar-refractivity contribution < 1.29 is 17.6 Å². The molecule has 0 radical (unpaired) electrons. The van der Waals surface area contributed by atoms with Gasteiger partial charge < -0.3 is 0 Å². The summed E-state index contributed by atoms with van der Waals surface area (Å²) in [7, 11) is 0. The Morgan fingerprint density at radius 2 is 1.45 bits per heavy atom. The molecule has 1 heterocycles.